The maximum atomic E-state index is 12.9. The number of aliphatic hydroxyl groups excluding tert-OH is 1. The Kier molecular flexibility index (Phi) is 3.36. The molecule has 1 aromatic rings. The average Bonchev–Trinajstić information content (AvgIpc) is 2.81. The number of halogens is 3. The highest BCUT2D eigenvalue weighted by atomic mass is 32.1. The largest absolute Gasteiger partial charge is 0.425 e. The van der Waals surface area contributed by atoms with E-state index in [9.17, 15) is 18.3 Å². The first-order chi connectivity index (χ1) is 9.32. The van der Waals surface area contributed by atoms with Gasteiger partial charge < -0.3 is 15.2 Å². The van der Waals surface area contributed by atoms with E-state index in [2.05, 4.69) is 5.32 Å². The minimum absolute atomic E-state index is 0.0632. The molecule has 0 aromatic carbocycles. The maximum absolute atomic E-state index is 12.9. The summed E-state index contributed by atoms with van der Waals surface area (Å²) in [5.41, 5.74) is -0.282. The second kappa shape index (κ2) is 4.69. The lowest BCUT2D eigenvalue weighted by Gasteiger charge is -2.43. The lowest BCUT2D eigenvalue weighted by Crippen LogP contribution is -2.48. The molecule has 0 amide bonds. The molecule has 112 valence electrons. The second-order valence-electron chi connectivity index (χ2n) is 5.52. The van der Waals surface area contributed by atoms with E-state index in [0.717, 1.165) is 6.07 Å². The lowest BCUT2D eigenvalue weighted by molar-refractivity contribution is -0.134. The number of piperidine rings is 1. The summed E-state index contributed by atoms with van der Waals surface area (Å²) < 4.78 is 44.5. The molecule has 2 aliphatic rings. The summed E-state index contributed by atoms with van der Waals surface area (Å²) in [5.74, 6) is 0. The SMILES string of the molecule is C[C@H]1CC2(CCN1)OCC(O)c1cc(C(F)(F)F)sc12. The molecule has 3 nitrogen and oxygen atoms in total. The number of hydrogen-bond donors (Lipinski definition) is 2. The molecule has 1 spiro atoms. The number of alkyl halides is 3. The van der Waals surface area contributed by atoms with Gasteiger partial charge >= 0.3 is 6.18 Å². The smallest absolute Gasteiger partial charge is 0.386 e. The Morgan fingerprint density at radius 1 is 1.50 bits per heavy atom. The summed E-state index contributed by atoms with van der Waals surface area (Å²) in [7, 11) is 0. The fourth-order valence-corrected chi connectivity index (χ4v) is 4.33. The predicted molar refractivity (Wildman–Crippen MR) is 68.6 cm³/mol. The second-order valence-corrected chi connectivity index (χ2v) is 6.58. The van der Waals surface area contributed by atoms with Crippen molar-refractivity contribution in [1.29, 1.82) is 0 Å². The van der Waals surface area contributed by atoms with E-state index in [1.54, 1.807) is 0 Å². The zero-order valence-electron chi connectivity index (χ0n) is 11.0. The zero-order chi connectivity index (χ0) is 14.5. The van der Waals surface area contributed by atoms with Crippen molar-refractivity contribution < 1.29 is 23.0 Å². The minimum atomic E-state index is -4.37. The third kappa shape index (κ3) is 2.26. The van der Waals surface area contributed by atoms with Crippen molar-refractivity contribution in [2.24, 2.45) is 0 Å². The highest BCUT2D eigenvalue weighted by molar-refractivity contribution is 7.12. The summed E-state index contributed by atoms with van der Waals surface area (Å²) in [6.07, 6.45) is -4.07. The van der Waals surface area contributed by atoms with Gasteiger partial charge in [-0.05, 0) is 32.4 Å². The van der Waals surface area contributed by atoms with E-state index in [1.165, 1.54) is 0 Å². The molecular weight excluding hydrogens is 291 g/mol. The fraction of sp³-hybridized carbons (Fsp3) is 0.692. The third-order valence-electron chi connectivity index (χ3n) is 3.99. The monoisotopic (exact) mass is 307 g/mol. The Balaban J connectivity index is 2.06. The Bertz CT molecular complexity index is 516. The molecule has 1 aromatic heterocycles. The molecule has 1 saturated heterocycles. The van der Waals surface area contributed by atoms with Gasteiger partial charge in [0, 0.05) is 16.5 Å². The number of rotatable bonds is 0. The van der Waals surface area contributed by atoms with Crippen LogP contribution < -0.4 is 5.32 Å². The van der Waals surface area contributed by atoms with E-state index >= 15 is 0 Å². The number of fused-ring (bicyclic) bond motifs is 2. The number of ether oxygens (including phenoxy) is 1. The van der Waals surface area contributed by atoms with Gasteiger partial charge in [-0.2, -0.15) is 13.2 Å². The molecule has 3 heterocycles. The topological polar surface area (TPSA) is 41.5 Å². The van der Waals surface area contributed by atoms with Crippen LogP contribution >= 0.6 is 11.3 Å². The first kappa shape index (κ1) is 14.3. The molecule has 2 N–H and O–H groups in total. The highest BCUT2D eigenvalue weighted by Gasteiger charge is 2.47. The molecule has 0 radical (unpaired) electrons. The van der Waals surface area contributed by atoms with Crippen LogP contribution in [-0.4, -0.2) is 24.3 Å². The Morgan fingerprint density at radius 3 is 2.90 bits per heavy atom. The van der Waals surface area contributed by atoms with Crippen molar-refractivity contribution >= 4 is 11.3 Å². The standard InChI is InChI=1S/C13H16F3NO2S/c1-7-5-12(2-3-17-7)11-8(9(18)6-19-12)4-10(20-11)13(14,15)16/h4,7,9,17-18H,2-3,5-6H2,1H3/t7-,9?,12?/m0/s1. The van der Waals surface area contributed by atoms with Gasteiger partial charge in [-0.25, -0.2) is 0 Å². The number of nitrogens with one attached hydrogen (secondary N) is 1. The lowest BCUT2D eigenvalue weighted by atomic mass is 9.82. The summed E-state index contributed by atoms with van der Waals surface area (Å²) in [5, 5.41) is 13.2. The molecule has 2 unspecified atom stereocenters. The van der Waals surface area contributed by atoms with Gasteiger partial charge in [0.1, 0.15) is 16.6 Å². The fourth-order valence-electron chi connectivity index (χ4n) is 3.07. The van der Waals surface area contributed by atoms with Gasteiger partial charge in [0.15, 0.2) is 0 Å². The third-order valence-corrected chi connectivity index (χ3v) is 5.37. The summed E-state index contributed by atoms with van der Waals surface area (Å²) in [6, 6.07) is 1.27. The van der Waals surface area contributed by atoms with E-state index in [-0.39, 0.29) is 12.6 Å². The van der Waals surface area contributed by atoms with E-state index in [4.69, 9.17) is 4.74 Å². The molecular formula is C13H16F3NO2S. The van der Waals surface area contributed by atoms with Gasteiger partial charge in [0.25, 0.3) is 0 Å². The van der Waals surface area contributed by atoms with Crippen LogP contribution in [0.15, 0.2) is 6.07 Å². The number of aliphatic hydroxyl groups is 1. The quantitative estimate of drug-likeness (QED) is 0.774. The van der Waals surface area contributed by atoms with Crippen molar-refractivity contribution in [3.05, 3.63) is 21.4 Å². The van der Waals surface area contributed by atoms with Gasteiger partial charge in [0.2, 0.25) is 0 Å². The minimum Gasteiger partial charge on any atom is -0.386 e. The van der Waals surface area contributed by atoms with Crippen LogP contribution in [0.25, 0.3) is 0 Å². The van der Waals surface area contributed by atoms with Gasteiger partial charge in [-0.1, -0.05) is 0 Å². The molecule has 1 fully saturated rings. The van der Waals surface area contributed by atoms with E-state index in [0.29, 0.717) is 41.2 Å². The molecule has 3 rings (SSSR count). The summed E-state index contributed by atoms with van der Waals surface area (Å²) in [6.45, 7) is 2.76. The summed E-state index contributed by atoms with van der Waals surface area (Å²) >= 11 is 0.716. The van der Waals surface area contributed by atoms with Crippen molar-refractivity contribution in [2.45, 2.75) is 43.7 Å². The molecule has 2 aliphatic heterocycles. The van der Waals surface area contributed by atoms with Crippen LogP contribution in [0.2, 0.25) is 0 Å². The van der Waals surface area contributed by atoms with Crippen molar-refractivity contribution in [3.8, 4) is 0 Å². The molecule has 3 atom stereocenters. The van der Waals surface area contributed by atoms with Gasteiger partial charge in [0.05, 0.1) is 6.61 Å². The number of thiophene rings is 1. The average molecular weight is 307 g/mol. The van der Waals surface area contributed by atoms with Crippen LogP contribution in [0.3, 0.4) is 0 Å². The first-order valence-electron chi connectivity index (χ1n) is 6.59. The molecule has 0 saturated carbocycles. The normalized spacial score (nSPS) is 34.2. The molecule has 0 aliphatic carbocycles. The van der Waals surface area contributed by atoms with Crippen molar-refractivity contribution in [1.82, 2.24) is 5.32 Å². The van der Waals surface area contributed by atoms with Crippen LogP contribution in [0.5, 0.6) is 0 Å². The number of hydrogen-bond acceptors (Lipinski definition) is 4. The van der Waals surface area contributed by atoms with Gasteiger partial charge in [-0.15, -0.1) is 11.3 Å². The summed E-state index contributed by atoms with van der Waals surface area (Å²) in [4.78, 5) is -0.102. The van der Waals surface area contributed by atoms with Crippen LogP contribution in [0.4, 0.5) is 13.2 Å². The highest BCUT2D eigenvalue weighted by Crippen LogP contribution is 2.50. The van der Waals surface area contributed by atoms with E-state index < -0.39 is 22.8 Å². The van der Waals surface area contributed by atoms with Crippen molar-refractivity contribution in [2.75, 3.05) is 13.2 Å². The molecule has 0 bridgehead atoms. The Morgan fingerprint density at radius 2 is 2.25 bits per heavy atom. The van der Waals surface area contributed by atoms with Gasteiger partial charge in [-0.3, -0.25) is 0 Å². The Hall–Kier alpha value is -0.630. The first-order valence-corrected chi connectivity index (χ1v) is 7.40. The maximum Gasteiger partial charge on any atom is 0.425 e. The van der Waals surface area contributed by atoms with E-state index in [1.807, 2.05) is 6.92 Å². The predicted octanol–water partition coefficient (Wildman–Crippen LogP) is 2.80. The van der Waals surface area contributed by atoms with Crippen LogP contribution in [-0.2, 0) is 16.5 Å². The molecule has 7 heteroatoms. The van der Waals surface area contributed by atoms with Crippen molar-refractivity contribution in [3.63, 3.8) is 0 Å². The van der Waals surface area contributed by atoms with Crippen LogP contribution in [0, 0.1) is 0 Å². The molecule has 20 heavy (non-hydrogen) atoms. The van der Waals surface area contributed by atoms with Crippen LogP contribution in [0.1, 0.15) is 41.2 Å². The Labute approximate surface area is 118 Å². The zero-order valence-corrected chi connectivity index (χ0v) is 11.8.